The lowest BCUT2D eigenvalue weighted by Gasteiger charge is -2.10. The van der Waals surface area contributed by atoms with Crippen LogP contribution in [0.3, 0.4) is 0 Å². The number of hydrogen-bond donors (Lipinski definition) is 1. The van der Waals surface area contributed by atoms with Gasteiger partial charge in [0, 0.05) is 11.5 Å². The third kappa shape index (κ3) is 2.96. The summed E-state index contributed by atoms with van der Waals surface area (Å²) in [7, 11) is 0. The maximum atomic E-state index is 5.89. The van der Waals surface area contributed by atoms with E-state index in [1.807, 2.05) is 19.9 Å². The minimum absolute atomic E-state index is 0.0709. The second-order valence-electron chi connectivity index (χ2n) is 4.68. The summed E-state index contributed by atoms with van der Waals surface area (Å²) in [6.45, 7) is 4.04. The molecule has 7 heteroatoms. The molecule has 3 rings (SSSR count). The first kappa shape index (κ1) is 14.2. The van der Waals surface area contributed by atoms with Crippen LogP contribution in [0.2, 0.25) is 5.15 Å². The van der Waals surface area contributed by atoms with E-state index >= 15 is 0 Å². The average Bonchev–Trinajstić information content (AvgIpc) is 2.79. The van der Waals surface area contributed by atoms with Crippen LogP contribution in [0.5, 0.6) is 0 Å². The standard InChI is InChI=1S/C14H13ClN4OS/c1-7-6-20-11-5-17-10(3-9(7)11)8(2)21-14-18-12(15)4-13(16)19-14/h3-6,8H,1-2H3,(H2,16,18,19). The normalized spacial score (nSPS) is 12.7. The Morgan fingerprint density at radius 3 is 2.90 bits per heavy atom. The van der Waals surface area contributed by atoms with Crippen molar-refractivity contribution in [3.8, 4) is 0 Å². The third-order valence-corrected chi connectivity index (χ3v) is 4.25. The van der Waals surface area contributed by atoms with E-state index in [1.165, 1.54) is 17.8 Å². The van der Waals surface area contributed by atoms with Crippen LogP contribution in [-0.4, -0.2) is 15.0 Å². The number of nitrogen functional groups attached to an aromatic ring is 1. The molecular formula is C14H13ClN4OS. The molecule has 0 saturated carbocycles. The zero-order chi connectivity index (χ0) is 15.0. The van der Waals surface area contributed by atoms with E-state index in [0.29, 0.717) is 16.1 Å². The molecule has 3 aromatic heterocycles. The highest BCUT2D eigenvalue weighted by molar-refractivity contribution is 7.99. The van der Waals surface area contributed by atoms with Crippen molar-refractivity contribution >= 4 is 40.1 Å². The van der Waals surface area contributed by atoms with E-state index in [9.17, 15) is 0 Å². The van der Waals surface area contributed by atoms with Crippen LogP contribution in [0.1, 0.15) is 23.4 Å². The van der Waals surface area contributed by atoms with Crippen LogP contribution in [0.25, 0.3) is 11.0 Å². The van der Waals surface area contributed by atoms with Gasteiger partial charge in [-0.2, -0.15) is 0 Å². The number of pyridine rings is 1. The number of thioether (sulfide) groups is 1. The average molecular weight is 321 g/mol. The summed E-state index contributed by atoms with van der Waals surface area (Å²) in [6, 6.07) is 3.55. The SMILES string of the molecule is Cc1coc2cnc(C(C)Sc3nc(N)cc(Cl)n3)cc12. The maximum Gasteiger partial charge on any atom is 0.191 e. The van der Waals surface area contributed by atoms with Crippen molar-refractivity contribution < 1.29 is 4.42 Å². The van der Waals surface area contributed by atoms with Crippen molar-refractivity contribution in [3.05, 3.63) is 41.0 Å². The number of rotatable bonds is 3. The topological polar surface area (TPSA) is 77.8 Å². The summed E-state index contributed by atoms with van der Waals surface area (Å²) < 4.78 is 5.41. The first-order valence-electron chi connectivity index (χ1n) is 6.33. The zero-order valence-corrected chi connectivity index (χ0v) is 13.1. The van der Waals surface area contributed by atoms with E-state index in [-0.39, 0.29) is 5.25 Å². The van der Waals surface area contributed by atoms with Gasteiger partial charge in [0.25, 0.3) is 0 Å². The molecule has 0 amide bonds. The molecule has 108 valence electrons. The van der Waals surface area contributed by atoms with Gasteiger partial charge in [0.2, 0.25) is 0 Å². The first-order valence-corrected chi connectivity index (χ1v) is 7.59. The third-order valence-electron chi connectivity index (χ3n) is 3.07. The van der Waals surface area contributed by atoms with Gasteiger partial charge < -0.3 is 10.2 Å². The van der Waals surface area contributed by atoms with Gasteiger partial charge in [-0.3, -0.25) is 4.98 Å². The molecule has 0 spiro atoms. The Hall–Kier alpha value is -1.79. The number of furan rings is 1. The maximum absolute atomic E-state index is 5.89. The van der Waals surface area contributed by atoms with E-state index in [0.717, 1.165) is 22.2 Å². The molecule has 3 aromatic rings. The molecule has 0 aliphatic heterocycles. The van der Waals surface area contributed by atoms with Gasteiger partial charge in [0.05, 0.1) is 23.4 Å². The number of halogens is 1. The Kier molecular flexibility index (Phi) is 3.73. The Balaban J connectivity index is 1.89. The zero-order valence-electron chi connectivity index (χ0n) is 11.5. The number of aromatic nitrogens is 3. The van der Waals surface area contributed by atoms with Crippen LogP contribution in [0, 0.1) is 6.92 Å². The highest BCUT2D eigenvalue weighted by Gasteiger charge is 2.14. The molecule has 1 atom stereocenters. The largest absolute Gasteiger partial charge is 0.462 e. The fourth-order valence-electron chi connectivity index (χ4n) is 1.98. The van der Waals surface area contributed by atoms with Crippen molar-refractivity contribution in [2.24, 2.45) is 0 Å². The molecule has 0 radical (unpaired) electrons. The summed E-state index contributed by atoms with van der Waals surface area (Å²) in [5.74, 6) is 0.360. The van der Waals surface area contributed by atoms with Gasteiger partial charge in [-0.15, -0.1) is 0 Å². The number of fused-ring (bicyclic) bond motifs is 1. The highest BCUT2D eigenvalue weighted by atomic mass is 35.5. The van der Waals surface area contributed by atoms with Crippen molar-refractivity contribution in [1.82, 2.24) is 15.0 Å². The predicted octanol–water partition coefficient (Wildman–Crippen LogP) is 4.02. The van der Waals surface area contributed by atoms with Crippen LogP contribution in [-0.2, 0) is 0 Å². The van der Waals surface area contributed by atoms with Gasteiger partial charge in [-0.25, -0.2) is 9.97 Å². The number of nitrogens with two attached hydrogens (primary N) is 1. The molecule has 21 heavy (non-hydrogen) atoms. The Bertz CT molecular complexity index is 785. The van der Waals surface area contributed by atoms with Crippen LogP contribution in [0.15, 0.2) is 34.2 Å². The highest BCUT2D eigenvalue weighted by Crippen LogP contribution is 2.34. The smallest absolute Gasteiger partial charge is 0.191 e. The Morgan fingerprint density at radius 2 is 2.14 bits per heavy atom. The van der Waals surface area contributed by atoms with Gasteiger partial charge in [0.1, 0.15) is 11.0 Å². The lowest BCUT2D eigenvalue weighted by atomic mass is 10.2. The number of nitrogens with zero attached hydrogens (tertiary/aromatic N) is 3. The lowest BCUT2D eigenvalue weighted by Crippen LogP contribution is -1.98. The molecule has 1 unspecified atom stereocenters. The summed E-state index contributed by atoms with van der Waals surface area (Å²) in [6.07, 6.45) is 3.47. The van der Waals surface area contributed by atoms with Crippen molar-refractivity contribution in [1.29, 1.82) is 0 Å². The molecule has 0 fully saturated rings. The predicted molar refractivity (Wildman–Crippen MR) is 84.5 cm³/mol. The fraction of sp³-hybridized carbons (Fsp3) is 0.214. The molecule has 0 aliphatic rings. The van der Waals surface area contributed by atoms with Gasteiger partial charge >= 0.3 is 0 Å². The second-order valence-corrected chi connectivity index (χ2v) is 6.38. The quantitative estimate of drug-likeness (QED) is 0.446. The molecule has 2 N–H and O–H groups in total. The minimum atomic E-state index is 0.0709. The van der Waals surface area contributed by atoms with E-state index in [4.69, 9.17) is 21.8 Å². The number of aryl methyl sites for hydroxylation is 1. The number of anilines is 1. The molecule has 5 nitrogen and oxygen atoms in total. The van der Waals surface area contributed by atoms with Crippen molar-refractivity contribution in [2.45, 2.75) is 24.3 Å². The van der Waals surface area contributed by atoms with E-state index in [2.05, 4.69) is 15.0 Å². The van der Waals surface area contributed by atoms with E-state index < -0.39 is 0 Å². The lowest BCUT2D eigenvalue weighted by molar-refractivity contribution is 0.611. The molecule has 0 aromatic carbocycles. The molecule has 0 aliphatic carbocycles. The van der Waals surface area contributed by atoms with E-state index in [1.54, 1.807) is 12.5 Å². The molecule has 0 bridgehead atoms. The molecule has 0 saturated heterocycles. The molecular weight excluding hydrogens is 308 g/mol. The van der Waals surface area contributed by atoms with Crippen LogP contribution in [0.4, 0.5) is 5.82 Å². The Labute approximate surface area is 130 Å². The molecule has 3 heterocycles. The first-order chi connectivity index (χ1) is 10.0. The van der Waals surface area contributed by atoms with Crippen LogP contribution >= 0.6 is 23.4 Å². The van der Waals surface area contributed by atoms with Gasteiger partial charge in [0.15, 0.2) is 10.7 Å². The summed E-state index contributed by atoms with van der Waals surface area (Å²) in [5.41, 5.74) is 8.49. The summed E-state index contributed by atoms with van der Waals surface area (Å²) >= 11 is 7.35. The van der Waals surface area contributed by atoms with Crippen molar-refractivity contribution in [2.75, 3.05) is 5.73 Å². The summed E-state index contributed by atoms with van der Waals surface area (Å²) in [5, 5.41) is 2.02. The number of hydrogen-bond acceptors (Lipinski definition) is 6. The fourth-order valence-corrected chi connectivity index (χ4v) is 3.10. The minimum Gasteiger partial charge on any atom is -0.462 e. The van der Waals surface area contributed by atoms with Gasteiger partial charge in [-0.05, 0) is 25.5 Å². The Morgan fingerprint density at radius 1 is 1.33 bits per heavy atom. The monoisotopic (exact) mass is 320 g/mol. The van der Waals surface area contributed by atoms with Gasteiger partial charge in [-0.1, -0.05) is 23.4 Å². The summed E-state index contributed by atoms with van der Waals surface area (Å²) in [4.78, 5) is 12.8. The van der Waals surface area contributed by atoms with Crippen molar-refractivity contribution in [3.63, 3.8) is 0 Å². The second kappa shape index (κ2) is 5.54. The van der Waals surface area contributed by atoms with Crippen LogP contribution < -0.4 is 5.73 Å².